The van der Waals surface area contributed by atoms with Gasteiger partial charge in [-0.25, -0.2) is 4.98 Å². The molecule has 0 aliphatic rings. The van der Waals surface area contributed by atoms with E-state index in [4.69, 9.17) is 0 Å². The predicted octanol–water partition coefficient (Wildman–Crippen LogP) is 1.08. The third-order valence-electron chi connectivity index (χ3n) is 1.82. The van der Waals surface area contributed by atoms with Gasteiger partial charge in [0.25, 0.3) is 0 Å². The first-order valence-corrected chi connectivity index (χ1v) is 4.81. The monoisotopic (exact) mass is 195 g/mol. The Morgan fingerprint density at radius 1 is 1.64 bits per heavy atom. The topological polar surface area (TPSA) is 46.9 Å². The summed E-state index contributed by atoms with van der Waals surface area (Å²) in [6, 6.07) is 0. The Morgan fingerprint density at radius 3 is 2.86 bits per heavy atom. The standard InChI is InChI=1S/C10H17N3O/c1-8(2)4-10(14)11-5-9-6-13(3)7-12-9/h6-8H,4-5H2,1-3H3,(H,11,14). The van der Waals surface area contributed by atoms with Crippen LogP contribution in [0.1, 0.15) is 26.0 Å². The van der Waals surface area contributed by atoms with Crippen LogP contribution in [0.3, 0.4) is 0 Å². The van der Waals surface area contributed by atoms with E-state index in [0.29, 0.717) is 18.9 Å². The van der Waals surface area contributed by atoms with Crippen LogP contribution in [-0.2, 0) is 18.4 Å². The molecule has 4 nitrogen and oxygen atoms in total. The number of aryl methyl sites for hydroxylation is 1. The third kappa shape index (κ3) is 3.60. The van der Waals surface area contributed by atoms with Crippen molar-refractivity contribution in [3.63, 3.8) is 0 Å². The lowest BCUT2D eigenvalue weighted by atomic mass is 10.1. The van der Waals surface area contributed by atoms with E-state index >= 15 is 0 Å². The van der Waals surface area contributed by atoms with Crippen molar-refractivity contribution in [1.29, 1.82) is 0 Å². The first-order valence-electron chi connectivity index (χ1n) is 4.81. The van der Waals surface area contributed by atoms with Crippen molar-refractivity contribution in [2.75, 3.05) is 0 Å². The van der Waals surface area contributed by atoms with Gasteiger partial charge >= 0.3 is 0 Å². The summed E-state index contributed by atoms with van der Waals surface area (Å²) >= 11 is 0. The van der Waals surface area contributed by atoms with Crippen LogP contribution in [0.25, 0.3) is 0 Å². The maximum atomic E-state index is 11.3. The lowest BCUT2D eigenvalue weighted by Gasteiger charge is -2.04. The van der Waals surface area contributed by atoms with Gasteiger partial charge in [0.15, 0.2) is 0 Å². The minimum atomic E-state index is 0.0886. The number of imidazole rings is 1. The van der Waals surface area contributed by atoms with E-state index in [1.54, 1.807) is 6.33 Å². The first-order chi connectivity index (χ1) is 6.58. The molecule has 0 radical (unpaired) electrons. The number of hydrogen-bond donors (Lipinski definition) is 1. The molecule has 0 saturated carbocycles. The van der Waals surface area contributed by atoms with E-state index in [-0.39, 0.29) is 5.91 Å². The number of rotatable bonds is 4. The molecule has 1 aromatic rings. The summed E-state index contributed by atoms with van der Waals surface area (Å²) in [5.41, 5.74) is 0.893. The smallest absolute Gasteiger partial charge is 0.220 e. The summed E-state index contributed by atoms with van der Waals surface area (Å²) in [4.78, 5) is 15.4. The first kappa shape index (κ1) is 10.8. The molecule has 1 N–H and O–H groups in total. The van der Waals surface area contributed by atoms with Gasteiger partial charge in [-0.3, -0.25) is 4.79 Å². The lowest BCUT2D eigenvalue weighted by Crippen LogP contribution is -2.24. The second-order valence-electron chi connectivity index (χ2n) is 3.91. The number of carbonyl (C=O) groups excluding carboxylic acids is 1. The highest BCUT2D eigenvalue weighted by Crippen LogP contribution is 1.99. The van der Waals surface area contributed by atoms with Crippen LogP contribution in [0.4, 0.5) is 0 Å². The molecule has 78 valence electrons. The van der Waals surface area contributed by atoms with Gasteiger partial charge in [-0.2, -0.15) is 0 Å². The molecule has 1 rings (SSSR count). The van der Waals surface area contributed by atoms with E-state index in [2.05, 4.69) is 10.3 Å². The van der Waals surface area contributed by atoms with Crippen LogP contribution >= 0.6 is 0 Å². The molecule has 0 fully saturated rings. The predicted molar refractivity (Wildman–Crippen MR) is 54.5 cm³/mol. The fourth-order valence-electron chi connectivity index (χ4n) is 1.19. The average Bonchev–Trinajstić information content (AvgIpc) is 2.47. The zero-order valence-electron chi connectivity index (χ0n) is 8.95. The number of amides is 1. The van der Waals surface area contributed by atoms with Crippen molar-refractivity contribution in [2.45, 2.75) is 26.8 Å². The summed E-state index contributed by atoms with van der Waals surface area (Å²) in [5.74, 6) is 0.490. The number of nitrogens with zero attached hydrogens (tertiary/aromatic N) is 2. The molecular weight excluding hydrogens is 178 g/mol. The zero-order valence-corrected chi connectivity index (χ0v) is 8.95. The van der Waals surface area contributed by atoms with Gasteiger partial charge in [0.1, 0.15) is 0 Å². The molecule has 0 atom stereocenters. The van der Waals surface area contributed by atoms with Crippen molar-refractivity contribution in [2.24, 2.45) is 13.0 Å². The van der Waals surface area contributed by atoms with Crippen molar-refractivity contribution < 1.29 is 4.79 Å². The minimum absolute atomic E-state index is 0.0886. The van der Waals surface area contributed by atoms with Gasteiger partial charge < -0.3 is 9.88 Å². The minimum Gasteiger partial charge on any atom is -0.350 e. The molecule has 0 unspecified atom stereocenters. The summed E-state index contributed by atoms with van der Waals surface area (Å²) < 4.78 is 1.87. The van der Waals surface area contributed by atoms with Crippen molar-refractivity contribution in [3.05, 3.63) is 18.2 Å². The second-order valence-corrected chi connectivity index (χ2v) is 3.91. The maximum absolute atomic E-state index is 11.3. The summed E-state index contributed by atoms with van der Waals surface area (Å²) in [7, 11) is 1.91. The maximum Gasteiger partial charge on any atom is 0.220 e. The van der Waals surface area contributed by atoms with Crippen LogP contribution in [0.15, 0.2) is 12.5 Å². The molecule has 4 heteroatoms. The average molecular weight is 195 g/mol. The Bertz CT molecular complexity index is 304. The Kier molecular flexibility index (Phi) is 3.68. The molecule has 0 aliphatic carbocycles. The highest BCUT2D eigenvalue weighted by Gasteiger charge is 2.04. The molecule has 1 aromatic heterocycles. The van der Waals surface area contributed by atoms with Crippen LogP contribution < -0.4 is 5.32 Å². The van der Waals surface area contributed by atoms with Crippen molar-refractivity contribution in [1.82, 2.24) is 14.9 Å². The Hall–Kier alpha value is -1.32. The van der Waals surface area contributed by atoms with Gasteiger partial charge in [0.05, 0.1) is 18.6 Å². The Morgan fingerprint density at radius 2 is 2.36 bits per heavy atom. The van der Waals surface area contributed by atoms with E-state index < -0.39 is 0 Å². The summed E-state index contributed by atoms with van der Waals surface area (Å²) in [6.07, 6.45) is 4.20. The summed E-state index contributed by atoms with van der Waals surface area (Å²) in [5, 5.41) is 2.83. The highest BCUT2D eigenvalue weighted by molar-refractivity contribution is 5.75. The van der Waals surface area contributed by atoms with Gasteiger partial charge in [0, 0.05) is 19.7 Å². The highest BCUT2D eigenvalue weighted by atomic mass is 16.1. The van der Waals surface area contributed by atoms with Crippen molar-refractivity contribution >= 4 is 5.91 Å². The van der Waals surface area contributed by atoms with Crippen molar-refractivity contribution in [3.8, 4) is 0 Å². The van der Waals surface area contributed by atoms with Crippen LogP contribution in [0, 0.1) is 5.92 Å². The third-order valence-corrected chi connectivity index (χ3v) is 1.82. The van der Waals surface area contributed by atoms with Crippen LogP contribution in [0.2, 0.25) is 0 Å². The fourth-order valence-corrected chi connectivity index (χ4v) is 1.19. The van der Waals surface area contributed by atoms with Gasteiger partial charge in [0.2, 0.25) is 5.91 Å². The molecule has 1 heterocycles. The molecule has 0 spiro atoms. The van der Waals surface area contributed by atoms with E-state index in [1.165, 1.54) is 0 Å². The molecule has 1 amide bonds. The molecule has 0 bridgehead atoms. The molecule has 14 heavy (non-hydrogen) atoms. The zero-order chi connectivity index (χ0) is 10.6. The molecule has 0 aliphatic heterocycles. The quantitative estimate of drug-likeness (QED) is 0.781. The lowest BCUT2D eigenvalue weighted by molar-refractivity contribution is -0.121. The Labute approximate surface area is 84.3 Å². The van der Waals surface area contributed by atoms with E-state index in [1.807, 2.05) is 31.7 Å². The molecule has 0 aromatic carbocycles. The SMILES string of the molecule is CC(C)CC(=O)NCc1cn(C)cn1. The largest absolute Gasteiger partial charge is 0.350 e. The number of aromatic nitrogens is 2. The summed E-state index contributed by atoms with van der Waals surface area (Å²) in [6.45, 7) is 4.58. The van der Waals surface area contributed by atoms with E-state index in [0.717, 1.165) is 5.69 Å². The number of hydrogen-bond acceptors (Lipinski definition) is 2. The number of nitrogens with one attached hydrogen (secondary N) is 1. The van der Waals surface area contributed by atoms with Gasteiger partial charge in [-0.05, 0) is 5.92 Å². The molecular formula is C10H17N3O. The fraction of sp³-hybridized carbons (Fsp3) is 0.600. The number of carbonyl (C=O) groups is 1. The van der Waals surface area contributed by atoms with E-state index in [9.17, 15) is 4.79 Å². The second kappa shape index (κ2) is 4.79. The van der Waals surface area contributed by atoms with Gasteiger partial charge in [-0.15, -0.1) is 0 Å². The van der Waals surface area contributed by atoms with Crippen LogP contribution in [0.5, 0.6) is 0 Å². The normalized spacial score (nSPS) is 10.6. The Balaban J connectivity index is 2.30. The molecule has 0 saturated heterocycles. The van der Waals surface area contributed by atoms with Gasteiger partial charge in [-0.1, -0.05) is 13.8 Å². The van der Waals surface area contributed by atoms with Crippen LogP contribution in [-0.4, -0.2) is 15.5 Å².